The van der Waals surface area contributed by atoms with Crippen LogP contribution in [0, 0.1) is 0 Å². The summed E-state index contributed by atoms with van der Waals surface area (Å²) in [7, 11) is 1.44. The highest BCUT2D eigenvalue weighted by atomic mass is 32.1. The number of hydrogen-bond acceptors (Lipinski definition) is 6. The van der Waals surface area contributed by atoms with Crippen molar-refractivity contribution in [3.63, 3.8) is 0 Å². The number of hydrogen-bond donors (Lipinski definition) is 2. The Bertz CT molecular complexity index is 1340. The van der Waals surface area contributed by atoms with E-state index in [1.807, 2.05) is 12.1 Å². The van der Waals surface area contributed by atoms with Gasteiger partial charge in [0.25, 0.3) is 5.56 Å². The number of nitrogens with one attached hydrogen (secondary N) is 1. The van der Waals surface area contributed by atoms with E-state index in [9.17, 15) is 14.4 Å². The minimum Gasteiger partial charge on any atom is -0.493 e. The molecule has 0 radical (unpaired) electrons. The summed E-state index contributed by atoms with van der Waals surface area (Å²) in [5.74, 6) is -0.657. The third-order valence-electron chi connectivity index (χ3n) is 4.81. The molecular weight excluding hydrogens is 442 g/mol. The predicted octanol–water partition coefficient (Wildman–Crippen LogP) is 2.70. The molecule has 0 saturated carbocycles. The summed E-state index contributed by atoms with van der Waals surface area (Å²) < 4.78 is 11.3. The molecule has 33 heavy (non-hydrogen) atoms. The van der Waals surface area contributed by atoms with Crippen molar-refractivity contribution in [3.05, 3.63) is 78.7 Å². The van der Waals surface area contributed by atoms with Gasteiger partial charge in [-0.05, 0) is 34.8 Å². The van der Waals surface area contributed by atoms with Gasteiger partial charge in [-0.25, -0.2) is 4.79 Å². The van der Waals surface area contributed by atoms with E-state index in [4.69, 9.17) is 14.6 Å². The first-order valence-corrected chi connectivity index (χ1v) is 11.0. The zero-order chi connectivity index (χ0) is 24.2. The van der Waals surface area contributed by atoms with Crippen molar-refractivity contribution in [2.45, 2.75) is 26.2 Å². The van der Waals surface area contributed by atoms with E-state index in [-0.39, 0.29) is 22.5 Å². The third kappa shape index (κ3) is 6.20. The highest BCUT2D eigenvalue weighted by molar-refractivity contribution is 7.07. The SMILES string of the molecule is COc1cc(/C=c2/s/c(=C\C(=O)c3ccc(C(C)(C)C)cc3)[nH]c2=O)ccc1OCC(=O)O. The van der Waals surface area contributed by atoms with Crippen LogP contribution in [0.25, 0.3) is 12.2 Å². The summed E-state index contributed by atoms with van der Waals surface area (Å²) in [5.41, 5.74) is 2.03. The molecule has 3 aromatic rings. The van der Waals surface area contributed by atoms with Crippen LogP contribution in [0.1, 0.15) is 42.3 Å². The van der Waals surface area contributed by atoms with Gasteiger partial charge in [-0.1, -0.05) is 51.1 Å². The minimum atomic E-state index is -1.10. The normalized spacial score (nSPS) is 12.6. The topological polar surface area (TPSA) is 106 Å². The third-order valence-corrected chi connectivity index (χ3v) is 5.78. The van der Waals surface area contributed by atoms with E-state index in [2.05, 4.69) is 25.8 Å². The van der Waals surface area contributed by atoms with Crippen LogP contribution in [0.2, 0.25) is 0 Å². The van der Waals surface area contributed by atoms with Crippen LogP contribution in [-0.4, -0.2) is 35.6 Å². The lowest BCUT2D eigenvalue weighted by Crippen LogP contribution is -2.20. The van der Waals surface area contributed by atoms with Crippen LogP contribution in [0.4, 0.5) is 0 Å². The van der Waals surface area contributed by atoms with Crippen molar-refractivity contribution in [3.8, 4) is 11.5 Å². The molecule has 0 fully saturated rings. The molecule has 2 aromatic carbocycles. The molecule has 1 aromatic heterocycles. The van der Waals surface area contributed by atoms with Crippen LogP contribution in [-0.2, 0) is 10.2 Å². The Morgan fingerprint density at radius 3 is 2.39 bits per heavy atom. The number of thiazole rings is 1. The number of carboxylic acids is 1. The predicted molar refractivity (Wildman–Crippen MR) is 128 cm³/mol. The summed E-state index contributed by atoms with van der Waals surface area (Å²) in [6.07, 6.45) is 3.08. The first-order valence-electron chi connectivity index (χ1n) is 10.2. The van der Waals surface area contributed by atoms with Crippen molar-refractivity contribution in [2.24, 2.45) is 0 Å². The van der Waals surface area contributed by atoms with Crippen molar-refractivity contribution >= 4 is 35.2 Å². The molecule has 3 rings (SSSR count). The number of Topliss-reactive ketones (excluding diaryl/α,β-unsaturated/α-hetero) is 1. The molecule has 0 aliphatic rings. The Morgan fingerprint density at radius 2 is 1.79 bits per heavy atom. The molecule has 0 unspecified atom stereocenters. The second kappa shape index (κ2) is 9.87. The van der Waals surface area contributed by atoms with Crippen LogP contribution < -0.4 is 24.2 Å². The monoisotopic (exact) mass is 467 g/mol. The van der Waals surface area contributed by atoms with Gasteiger partial charge < -0.3 is 19.6 Å². The number of methoxy groups -OCH3 is 1. The van der Waals surface area contributed by atoms with Gasteiger partial charge in [0.05, 0.1) is 16.3 Å². The Balaban J connectivity index is 1.88. The lowest BCUT2D eigenvalue weighted by atomic mass is 9.86. The van der Waals surface area contributed by atoms with Gasteiger partial charge in [0.2, 0.25) is 0 Å². The van der Waals surface area contributed by atoms with Gasteiger partial charge in [0, 0.05) is 11.6 Å². The van der Waals surface area contributed by atoms with Crippen molar-refractivity contribution in [1.82, 2.24) is 4.98 Å². The Labute approximate surface area is 194 Å². The number of ketones is 1. The Morgan fingerprint density at radius 1 is 1.09 bits per heavy atom. The first-order chi connectivity index (χ1) is 15.6. The number of benzene rings is 2. The van der Waals surface area contributed by atoms with Crippen LogP contribution in [0.3, 0.4) is 0 Å². The quantitative estimate of drug-likeness (QED) is 0.518. The van der Waals surface area contributed by atoms with Crippen molar-refractivity contribution in [2.75, 3.05) is 13.7 Å². The van der Waals surface area contributed by atoms with Crippen LogP contribution >= 0.6 is 11.3 Å². The fourth-order valence-electron chi connectivity index (χ4n) is 3.05. The van der Waals surface area contributed by atoms with Gasteiger partial charge in [-0.3, -0.25) is 9.59 Å². The van der Waals surface area contributed by atoms with Crippen LogP contribution in [0.5, 0.6) is 11.5 Å². The number of carboxylic acid groups (broad SMARTS) is 1. The minimum absolute atomic E-state index is 0.00170. The maximum absolute atomic E-state index is 12.6. The van der Waals surface area contributed by atoms with Crippen molar-refractivity contribution < 1.29 is 24.2 Å². The van der Waals surface area contributed by atoms with Gasteiger partial charge in [-0.2, -0.15) is 0 Å². The molecule has 172 valence electrons. The molecule has 0 aliphatic carbocycles. The molecular formula is C25H25NO6S. The Hall–Kier alpha value is -3.65. The first kappa shape index (κ1) is 24.0. The fourth-order valence-corrected chi connectivity index (χ4v) is 3.93. The van der Waals surface area contributed by atoms with Crippen molar-refractivity contribution in [1.29, 1.82) is 0 Å². The van der Waals surface area contributed by atoms with Gasteiger partial charge in [0.1, 0.15) is 0 Å². The number of H-pyrrole nitrogens is 1. The molecule has 0 amide bonds. The summed E-state index contributed by atoms with van der Waals surface area (Å²) in [6, 6.07) is 12.4. The van der Waals surface area contributed by atoms with Gasteiger partial charge in [0.15, 0.2) is 23.9 Å². The molecule has 8 heteroatoms. The summed E-state index contributed by atoms with van der Waals surface area (Å²) in [4.78, 5) is 38.4. The number of rotatable bonds is 7. The highest BCUT2D eigenvalue weighted by Crippen LogP contribution is 2.28. The van der Waals surface area contributed by atoms with Gasteiger partial charge in [-0.15, -0.1) is 11.3 Å². The number of aromatic amines is 1. The molecule has 0 bridgehead atoms. The standard InChI is InChI=1S/C25H25NO6S/c1-25(2,3)17-8-6-16(7-9-17)18(27)13-22-26-24(30)21(33-22)12-15-5-10-19(20(11-15)31-4)32-14-23(28)29/h5-13H,14H2,1-4H3,(H,26,30)(H,28,29)/b21-12+,22-13-. The summed E-state index contributed by atoms with van der Waals surface area (Å²) in [6.45, 7) is 5.83. The number of aromatic nitrogens is 1. The average Bonchev–Trinajstić information content (AvgIpc) is 3.10. The fraction of sp³-hybridized carbons (Fsp3) is 0.240. The highest BCUT2D eigenvalue weighted by Gasteiger charge is 2.14. The van der Waals surface area contributed by atoms with E-state index < -0.39 is 12.6 Å². The molecule has 7 nitrogen and oxygen atoms in total. The largest absolute Gasteiger partial charge is 0.493 e. The van der Waals surface area contributed by atoms with E-state index in [0.29, 0.717) is 26.1 Å². The number of carbonyl (C=O) groups is 2. The number of carbonyl (C=O) groups excluding carboxylic acids is 1. The lowest BCUT2D eigenvalue weighted by molar-refractivity contribution is -0.139. The second-order valence-electron chi connectivity index (χ2n) is 8.36. The Kier molecular flexibility index (Phi) is 7.18. The maximum Gasteiger partial charge on any atom is 0.341 e. The second-order valence-corrected chi connectivity index (χ2v) is 9.44. The average molecular weight is 468 g/mol. The maximum atomic E-state index is 12.6. The number of ether oxygens (including phenoxy) is 2. The molecule has 2 N–H and O–H groups in total. The molecule has 1 heterocycles. The molecule has 0 spiro atoms. The van der Waals surface area contributed by atoms with Gasteiger partial charge >= 0.3 is 5.97 Å². The summed E-state index contributed by atoms with van der Waals surface area (Å²) >= 11 is 1.17. The van der Waals surface area contributed by atoms with E-state index in [1.54, 1.807) is 36.4 Å². The van der Waals surface area contributed by atoms with Crippen LogP contribution in [0.15, 0.2) is 47.3 Å². The molecule has 0 saturated heterocycles. The van der Waals surface area contributed by atoms with E-state index >= 15 is 0 Å². The summed E-state index contributed by atoms with van der Waals surface area (Å²) in [5, 5.41) is 8.76. The zero-order valence-electron chi connectivity index (χ0n) is 18.8. The number of aliphatic carboxylic acids is 1. The van der Waals surface area contributed by atoms with E-state index in [1.165, 1.54) is 24.5 Å². The molecule has 0 aliphatic heterocycles. The smallest absolute Gasteiger partial charge is 0.341 e. The zero-order valence-corrected chi connectivity index (χ0v) is 19.6. The van der Waals surface area contributed by atoms with E-state index in [0.717, 1.165) is 5.56 Å². The molecule has 0 atom stereocenters. The lowest BCUT2D eigenvalue weighted by Gasteiger charge is -2.18.